The molecule has 1 atom stereocenters. The number of rotatable bonds is 7. The minimum Gasteiger partial charge on any atom is -0.508 e. The lowest BCUT2D eigenvalue weighted by atomic mass is 10.1. The molecule has 0 amide bonds. The third-order valence-electron chi connectivity index (χ3n) is 5.01. The van der Waals surface area contributed by atoms with Crippen LogP contribution >= 0.6 is 0 Å². The predicted octanol–water partition coefficient (Wildman–Crippen LogP) is 1.88. The molecule has 0 spiro atoms. The fourth-order valence-corrected chi connectivity index (χ4v) is 4.79. The second-order valence-electron chi connectivity index (χ2n) is 6.87. The summed E-state index contributed by atoms with van der Waals surface area (Å²) in [6, 6.07) is 13.1. The van der Waals surface area contributed by atoms with Crippen molar-refractivity contribution in [2.45, 2.75) is 29.9 Å². The van der Waals surface area contributed by atoms with Crippen LogP contribution in [0.3, 0.4) is 0 Å². The van der Waals surface area contributed by atoms with E-state index in [4.69, 9.17) is 4.74 Å². The van der Waals surface area contributed by atoms with E-state index in [2.05, 4.69) is 5.32 Å². The van der Waals surface area contributed by atoms with Crippen molar-refractivity contribution < 1.29 is 23.4 Å². The second-order valence-corrected chi connectivity index (χ2v) is 8.81. The van der Waals surface area contributed by atoms with Crippen molar-refractivity contribution in [3.05, 3.63) is 54.1 Å². The number of aliphatic hydroxyl groups excluding tert-OH is 1. The summed E-state index contributed by atoms with van der Waals surface area (Å²) in [6.07, 6.45) is 0.609. The smallest absolute Gasteiger partial charge is 0.243 e. The summed E-state index contributed by atoms with van der Waals surface area (Å²) in [5.41, 5.74) is 0.645. The number of aliphatic hydroxyl groups is 1. The van der Waals surface area contributed by atoms with E-state index in [9.17, 15) is 18.6 Å². The molecule has 3 rings (SSSR count). The molecule has 1 heterocycles. The Morgan fingerprint density at radius 2 is 1.86 bits per heavy atom. The molecular formula is C20H26N2O5S. The fourth-order valence-electron chi connectivity index (χ4n) is 3.33. The lowest BCUT2D eigenvalue weighted by Crippen LogP contribution is -2.45. The maximum Gasteiger partial charge on any atom is 0.243 e. The lowest BCUT2D eigenvalue weighted by molar-refractivity contribution is 0.162. The summed E-state index contributed by atoms with van der Waals surface area (Å²) in [5.74, 6) is 0.737. The summed E-state index contributed by atoms with van der Waals surface area (Å²) in [6.45, 7) is 1.20. The first-order valence-electron chi connectivity index (χ1n) is 9.25. The Morgan fingerprint density at radius 1 is 1.18 bits per heavy atom. The molecule has 1 aliphatic rings. The highest BCUT2D eigenvalue weighted by Gasteiger charge is 2.29. The average molecular weight is 407 g/mol. The summed E-state index contributed by atoms with van der Waals surface area (Å²) in [5, 5.41) is 23.1. The van der Waals surface area contributed by atoms with Crippen LogP contribution in [0.1, 0.15) is 24.5 Å². The highest BCUT2D eigenvalue weighted by atomic mass is 32.2. The molecule has 0 aromatic heterocycles. The zero-order valence-corrected chi connectivity index (χ0v) is 16.6. The first-order valence-corrected chi connectivity index (χ1v) is 10.7. The number of methoxy groups -OCH3 is 1. The third-order valence-corrected chi connectivity index (χ3v) is 6.92. The number of nitrogens with zero attached hydrogens (tertiary/aromatic N) is 1. The minimum absolute atomic E-state index is 0.119. The van der Waals surface area contributed by atoms with Gasteiger partial charge in [0.2, 0.25) is 10.0 Å². The summed E-state index contributed by atoms with van der Waals surface area (Å²) >= 11 is 0. The molecule has 0 radical (unpaired) electrons. The molecule has 152 valence electrons. The normalized spacial score (nSPS) is 17.4. The van der Waals surface area contributed by atoms with Crippen molar-refractivity contribution in [1.82, 2.24) is 9.62 Å². The van der Waals surface area contributed by atoms with Crippen LogP contribution in [0.25, 0.3) is 0 Å². The molecule has 1 fully saturated rings. The second kappa shape index (κ2) is 8.91. The number of hydrogen-bond donors (Lipinski definition) is 3. The number of piperidine rings is 1. The van der Waals surface area contributed by atoms with Gasteiger partial charge in [0.1, 0.15) is 11.5 Å². The van der Waals surface area contributed by atoms with Crippen LogP contribution in [0.4, 0.5) is 0 Å². The monoisotopic (exact) mass is 406 g/mol. The number of ether oxygens (including phenoxy) is 1. The van der Waals surface area contributed by atoms with E-state index < -0.39 is 16.1 Å². The van der Waals surface area contributed by atoms with E-state index in [1.165, 1.54) is 10.4 Å². The Kier molecular flexibility index (Phi) is 6.56. The van der Waals surface area contributed by atoms with Crippen molar-refractivity contribution in [2.75, 3.05) is 26.7 Å². The number of hydrogen-bond acceptors (Lipinski definition) is 6. The van der Waals surface area contributed by atoms with E-state index in [1.54, 1.807) is 49.6 Å². The number of phenols is 1. The van der Waals surface area contributed by atoms with Gasteiger partial charge in [-0.3, -0.25) is 0 Å². The molecule has 2 aromatic rings. The molecule has 1 unspecified atom stereocenters. The molecular weight excluding hydrogens is 380 g/mol. The van der Waals surface area contributed by atoms with Gasteiger partial charge in [0.25, 0.3) is 0 Å². The van der Waals surface area contributed by atoms with Crippen LogP contribution < -0.4 is 10.1 Å². The molecule has 7 nitrogen and oxygen atoms in total. The van der Waals surface area contributed by atoms with Crippen molar-refractivity contribution in [1.29, 1.82) is 0 Å². The van der Waals surface area contributed by atoms with Gasteiger partial charge >= 0.3 is 0 Å². The van der Waals surface area contributed by atoms with Crippen LogP contribution in [0.2, 0.25) is 0 Å². The van der Waals surface area contributed by atoms with Crippen molar-refractivity contribution in [3.63, 3.8) is 0 Å². The van der Waals surface area contributed by atoms with Crippen LogP contribution in [0.15, 0.2) is 53.4 Å². The zero-order valence-electron chi connectivity index (χ0n) is 15.8. The van der Waals surface area contributed by atoms with Gasteiger partial charge in [-0.2, -0.15) is 4.31 Å². The van der Waals surface area contributed by atoms with Gasteiger partial charge in [0, 0.05) is 25.7 Å². The molecule has 1 saturated heterocycles. The molecule has 8 heteroatoms. The number of benzene rings is 2. The Bertz CT molecular complexity index is 878. The maximum absolute atomic E-state index is 12.8. The highest BCUT2D eigenvalue weighted by Crippen LogP contribution is 2.23. The molecule has 0 bridgehead atoms. The van der Waals surface area contributed by atoms with Gasteiger partial charge in [-0.05, 0) is 54.8 Å². The molecule has 28 heavy (non-hydrogen) atoms. The van der Waals surface area contributed by atoms with Crippen LogP contribution in [0, 0.1) is 0 Å². The number of phenolic OH excluding ortho intramolecular Hbond substituents is 1. The molecule has 1 aliphatic heterocycles. The van der Waals surface area contributed by atoms with Gasteiger partial charge in [0.05, 0.1) is 18.1 Å². The average Bonchev–Trinajstić information content (AvgIpc) is 2.72. The summed E-state index contributed by atoms with van der Waals surface area (Å²) in [4.78, 5) is 0.263. The maximum atomic E-state index is 12.8. The largest absolute Gasteiger partial charge is 0.508 e. The zero-order chi connectivity index (χ0) is 20.1. The Labute approximate surface area is 165 Å². The van der Waals surface area contributed by atoms with Gasteiger partial charge in [0.15, 0.2) is 0 Å². The highest BCUT2D eigenvalue weighted by molar-refractivity contribution is 7.89. The predicted molar refractivity (Wildman–Crippen MR) is 106 cm³/mol. The first kappa shape index (κ1) is 20.6. The Balaban J connectivity index is 1.52. The van der Waals surface area contributed by atoms with Crippen molar-refractivity contribution in [2.24, 2.45) is 0 Å². The topological polar surface area (TPSA) is 99.1 Å². The number of nitrogens with one attached hydrogen (secondary N) is 1. The van der Waals surface area contributed by atoms with Gasteiger partial charge < -0.3 is 20.3 Å². The van der Waals surface area contributed by atoms with Crippen LogP contribution in [-0.2, 0) is 10.0 Å². The Morgan fingerprint density at radius 3 is 2.46 bits per heavy atom. The quantitative estimate of drug-likeness (QED) is 0.649. The van der Waals surface area contributed by atoms with E-state index >= 15 is 0 Å². The first-order chi connectivity index (χ1) is 13.4. The number of aromatic hydroxyl groups is 1. The minimum atomic E-state index is -3.52. The Hall–Kier alpha value is -2.13. The SMILES string of the molecule is COc1ccc(S(=O)(=O)N2CCC(NCC(O)c3cccc(O)c3)CC2)cc1. The number of sulfonamides is 1. The van der Waals surface area contributed by atoms with E-state index in [0.29, 0.717) is 43.8 Å². The van der Waals surface area contributed by atoms with E-state index in [0.717, 1.165) is 0 Å². The van der Waals surface area contributed by atoms with Gasteiger partial charge in [-0.1, -0.05) is 12.1 Å². The standard InChI is InChI=1S/C20H26N2O5S/c1-27-18-5-7-19(8-6-18)28(25,26)22-11-9-16(10-12-22)21-14-20(24)15-3-2-4-17(23)13-15/h2-8,13,16,20-21,23-24H,9-12,14H2,1H3. The fraction of sp³-hybridized carbons (Fsp3) is 0.400. The molecule has 2 aromatic carbocycles. The lowest BCUT2D eigenvalue weighted by Gasteiger charge is -2.32. The van der Waals surface area contributed by atoms with Crippen molar-refractivity contribution >= 4 is 10.0 Å². The third kappa shape index (κ3) is 4.82. The van der Waals surface area contributed by atoms with Crippen LogP contribution in [-0.4, -0.2) is 55.7 Å². The molecule has 0 aliphatic carbocycles. The van der Waals surface area contributed by atoms with E-state index in [-0.39, 0.29) is 16.7 Å². The molecule has 0 saturated carbocycles. The van der Waals surface area contributed by atoms with Gasteiger partial charge in [-0.25, -0.2) is 8.42 Å². The summed E-state index contributed by atoms with van der Waals surface area (Å²) < 4.78 is 32.1. The van der Waals surface area contributed by atoms with Crippen molar-refractivity contribution in [3.8, 4) is 11.5 Å². The molecule has 3 N–H and O–H groups in total. The summed E-state index contributed by atoms with van der Waals surface area (Å²) in [7, 11) is -1.98. The van der Waals surface area contributed by atoms with E-state index in [1.807, 2.05) is 0 Å². The van der Waals surface area contributed by atoms with Gasteiger partial charge in [-0.15, -0.1) is 0 Å². The van der Waals surface area contributed by atoms with Crippen LogP contribution in [0.5, 0.6) is 11.5 Å².